The third-order valence-electron chi connectivity index (χ3n) is 3.20. The molecule has 0 unspecified atom stereocenters. The highest BCUT2D eigenvalue weighted by atomic mass is 32.2. The van der Waals surface area contributed by atoms with Crippen LogP contribution in [0.1, 0.15) is 0 Å². The van der Waals surface area contributed by atoms with Crippen molar-refractivity contribution in [2.75, 3.05) is 23.5 Å². The highest BCUT2D eigenvalue weighted by Gasteiger charge is 2.10. The molecule has 0 aliphatic rings. The number of benzene rings is 2. The summed E-state index contributed by atoms with van der Waals surface area (Å²) in [6, 6.07) is 13.5. The molecule has 1 heterocycles. The summed E-state index contributed by atoms with van der Waals surface area (Å²) >= 11 is 2.57. The Morgan fingerprint density at radius 1 is 1.23 bits per heavy atom. The predicted molar refractivity (Wildman–Crippen MR) is 102 cm³/mol. The second-order valence-electron chi connectivity index (χ2n) is 5.05. The first-order valence-corrected chi connectivity index (χ1v) is 9.36. The molecule has 1 aromatic heterocycles. The van der Waals surface area contributed by atoms with Gasteiger partial charge in [-0.15, -0.1) is 10.2 Å². The lowest BCUT2D eigenvalue weighted by Gasteiger charge is -2.05. The van der Waals surface area contributed by atoms with Gasteiger partial charge in [0, 0.05) is 11.8 Å². The first kappa shape index (κ1) is 18.2. The van der Waals surface area contributed by atoms with Crippen LogP contribution in [0.15, 0.2) is 52.9 Å². The molecule has 0 fully saturated rings. The molecule has 0 radical (unpaired) electrons. The number of para-hydroxylation sites is 1. The summed E-state index contributed by atoms with van der Waals surface area (Å²) in [5.74, 6) is 0.0744. The van der Waals surface area contributed by atoms with Gasteiger partial charge in [-0.25, -0.2) is 4.39 Å². The van der Waals surface area contributed by atoms with Gasteiger partial charge < -0.3 is 15.4 Å². The summed E-state index contributed by atoms with van der Waals surface area (Å²) < 4.78 is 19.3. The van der Waals surface area contributed by atoms with Crippen molar-refractivity contribution in [3.05, 3.63) is 54.3 Å². The van der Waals surface area contributed by atoms with Gasteiger partial charge in [0.05, 0.1) is 18.6 Å². The van der Waals surface area contributed by atoms with Gasteiger partial charge in [0.15, 0.2) is 4.34 Å². The molecule has 0 saturated heterocycles. The van der Waals surface area contributed by atoms with Crippen LogP contribution in [0.2, 0.25) is 0 Å². The number of aromatic nitrogens is 2. The van der Waals surface area contributed by atoms with Crippen molar-refractivity contribution >= 4 is 45.5 Å². The maximum atomic E-state index is 13.5. The van der Waals surface area contributed by atoms with E-state index in [0.717, 1.165) is 11.4 Å². The third-order valence-corrected chi connectivity index (χ3v) is 5.17. The van der Waals surface area contributed by atoms with E-state index in [1.165, 1.54) is 35.2 Å². The Labute approximate surface area is 157 Å². The van der Waals surface area contributed by atoms with Crippen molar-refractivity contribution in [3.63, 3.8) is 0 Å². The second-order valence-corrected chi connectivity index (χ2v) is 7.25. The largest absolute Gasteiger partial charge is 0.497 e. The number of hydrogen-bond acceptors (Lipinski definition) is 7. The zero-order valence-electron chi connectivity index (χ0n) is 13.7. The van der Waals surface area contributed by atoms with E-state index in [1.807, 2.05) is 24.3 Å². The second kappa shape index (κ2) is 8.63. The number of methoxy groups -OCH3 is 1. The molecule has 0 aliphatic carbocycles. The first-order chi connectivity index (χ1) is 12.6. The molecule has 26 heavy (non-hydrogen) atoms. The molecule has 0 bridgehead atoms. The minimum absolute atomic E-state index is 0.113. The lowest BCUT2D eigenvalue weighted by molar-refractivity contribution is -0.113. The van der Waals surface area contributed by atoms with E-state index in [4.69, 9.17) is 4.74 Å². The van der Waals surface area contributed by atoms with E-state index < -0.39 is 5.82 Å². The first-order valence-electron chi connectivity index (χ1n) is 7.56. The fourth-order valence-electron chi connectivity index (χ4n) is 2.02. The van der Waals surface area contributed by atoms with E-state index in [0.29, 0.717) is 9.47 Å². The number of anilines is 3. The van der Waals surface area contributed by atoms with Gasteiger partial charge in [-0.3, -0.25) is 4.79 Å². The van der Waals surface area contributed by atoms with Crippen molar-refractivity contribution in [1.82, 2.24) is 10.2 Å². The number of carbonyl (C=O) groups is 1. The summed E-state index contributed by atoms with van der Waals surface area (Å²) in [6.07, 6.45) is 0. The summed E-state index contributed by atoms with van der Waals surface area (Å²) in [4.78, 5) is 11.9. The number of ether oxygens (including phenoxy) is 1. The number of halogens is 1. The smallest absolute Gasteiger partial charge is 0.234 e. The van der Waals surface area contributed by atoms with Crippen molar-refractivity contribution in [3.8, 4) is 5.75 Å². The molecule has 0 spiro atoms. The summed E-state index contributed by atoms with van der Waals surface area (Å²) in [7, 11) is 1.60. The zero-order valence-corrected chi connectivity index (χ0v) is 15.4. The van der Waals surface area contributed by atoms with Crippen molar-refractivity contribution < 1.29 is 13.9 Å². The molecule has 1 amide bonds. The van der Waals surface area contributed by atoms with E-state index in [-0.39, 0.29) is 17.3 Å². The molecule has 3 aromatic rings. The van der Waals surface area contributed by atoms with Gasteiger partial charge in [-0.1, -0.05) is 41.3 Å². The minimum atomic E-state index is -0.466. The lowest BCUT2D eigenvalue weighted by Crippen LogP contribution is -2.14. The van der Waals surface area contributed by atoms with Gasteiger partial charge in [-0.2, -0.15) is 0 Å². The van der Waals surface area contributed by atoms with Crippen LogP contribution < -0.4 is 15.4 Å². The average Bonchev–Trinajstić information content (AvgIpc) is 3.09. The van der Waals surface area contributed by atoms with Crippen LogP contribution in [0.3, 0.4) is 0 Å². The number of nitrogens with one attached hydrogen (secondary N) is 2. The highest BCUT2D eigenvalue weighted by Crippen LogP contribution is 2.28. The molecule has 134 valence electrons. The summed E-state index contributed by atoms with van der Waals surface area (Å²) in [6.45, 7) is 0. The van der Waals surface area contributed by atoms with Gasteiger partial charge in [0.25, 0.3) is 0 Å². The average molecular weight is 390 g/mol. The van der Waals surface area contributed by atoms with Crippen LogP contribution in [0.5, 0.6) is 5.75 Å². The Kier molecular flexibility index (Phi) is 6.03. The Morgan fingerprint density at radius 2 is 2.08 bits per heavy atom. The molecule has 2 aromatic carbocycles. The number of hydrogen-bond donors (Lipinski definition) is 2. The molecule has 0 aliphatic heterocycles. The third kappa shape index (κ3) is 4.93. The normalized spacial score (nSPS) is 10.4. The van der Waals surface area contributed by atoms with Crippen LogP contribution in [-0.4, -0.2) is 29.0 Å². The molecular weight excluding hydrogens is 375 g/mol. The van der Waals surface area contributed by atoms with E-state index >= 15 is 0 Å². The number of thioether (sulfide) groups is 1. The highest BCUT2D eigenvalue weighted by molar-refractivity contribution is 8.01. The SMILES string of the molecule is COc1cccc(Nc2nnc(SCC(=O)Nc3ccccc3F)s2)c1. The quantitative estimate of drug-likeness (QED) is 0.590. The zero-order chi connectivity index (χ0) is 18.4. The topological polar surface area (TPSA) is 76.1 Å². The Hall–Kier alpha value is -2.65. The van der Waals surface area contributed by atoms with Gasteiger partial charge >= 0.3 is 0 Å². The van der Waals surface area contributed by atoms with Crippen LogP contribution in [-0.2, 0) is 4.79 Å². The Bertz CT molecular complexity index is 904. The van der Waals surface area contributed by atoms with Gasteiger partial charge in [0.2, 0.25) is 11.0 Å². The van der Waals surface area contributed by atoms with Crippen LogP contribution in [0, 0.1) is 5.82 Å². The molecular formula is C17H15FN4O2S2. The Morgan fingerprint density at radius 3 is 2.88 bits per heavy atom. The number of nitrogens with zero attached hydrogens (tertiary/aromatic N) is 2. The summed E-state index contributed by atoms with van der Waals surface area (Å²) in [5.41, 5.74) is 0.991. The van der Waals surface area contributed by atoms with Gasteiger partial charge in [-0.05, 0) is 24.3 Å². The maximum Gasteiger partial charge on any atom is 0.234 e. The molecule has 2 N–H and O–H groups in total. The monoisotopic (exact) mass is 390 g/mol. The van der Waals surface area contributed by atoms with E-state index in [2.05, 4.69) is 20.8 Å². The Balaban J connectivity index is 1.53. The van der Waals surface area contributed by atoms with Crippen LogP contribution in [0.4, 0.5) is 20.9 Å². The van der Waals surface area contributed by atoms with Crippen molar-refractivity contribution in [2.24, 2.45) is 0 Å². The number of carbonyl (C=O) groups excluding carboxylic acids is 1. The van der Waals surface area contributed by atoms with Crippen LogP contribution >= 0.6 is 23.1 Å². The minimum Gasteiger partial charge on any atom is -0.497 e. The van der Waals surface area contributed by atoms with E-state index in [1.54, 1.807) is 19.2 Å². The lowest BCUT2D eigenvalue weighted by atomic mass is 10.3. The van der Waals surface area contributed by atoms with Crippen LogP contribution in [0.25, 0.3) is 0 Å². The van der Waals surface area contributed by atoms with Gasteiger partial charge in [0.1, 0.15) is 11.6 Å². The molecule has 0 atom stereocenters. The standard InChI is InChI=1S/C17H15FN4O2S2/c1-24-12-6-4-5-11(9-12)19-16-21-22-17(26-16)25-10-15(23)20-14-8-3-2-7-13(14)18/h2-9H,10H2,1H3,(H,19,21)(H,20,23). The molecule has 0 saturated carbocycles. The van der Waals surface area contributed by atoms with Crippen molar-refractivity contribution in [2.45, 2.75) is 4.34 Å². The van der Waals surface area contributed by atoms with E-state index in [9.17, 15) is 9.18 Å². The summed E-state index contributed by atoms with van der Waals surface area (Å²) in [5, 5.41) is 14.4. The molecule has 6 nitrogen and oxygen atoms in total. The number of rotatable bonds is 7. The predicted octanol–water partition coefficient (Wildman–Crippen LogP) is 4.16. The maximum absolute atomic E-state index is 13.5. The number of amides is 1. The fourth-order valence-corrected chi connectivity index (χ4v) is 3.59. The molecule has 3 rings (SSSR count). The molecule has 9 heteroatoms. The fraction of sp³-hybridized carbons (Fsp3) is 0.118. The van der Waals surface area contributed by atoms with Crippen molar-refractivity contribution in [1.29, 1.82) is 0 Å².